The highest BCUT2D eigenvalue weighted by atomic mass is 35.5. The van der Waals surface area contributed by atoms with Crippen LogP contribution in [0, 0.1) is 0 Å². The molecular formula is C57H33ClN4O. The van der Waals surface area contributed by atoms with Crippen LogP contribution in [0.2, 0.25) is 5.28 Å². The fourth-order valence-electron chi connectivity index (χ4n) is 9.52. The number of aromatic amines is 1. The van der Waals surface area contributed by atoms with Crippen LogP contribution in [0.4, 0.5) is 0 Å². The molecule has 10 aromatic carbocycles. The molecule has 0 aliphatic heterocycles. The summed E-state index contributed by atoms with van der Waals surface area (Å²) >= 11 is 6.47. The molecule has 3 heterocycles. The first kappa shape index (κ1) is 35.6. The summed E-state index contributed by atoms with van der Waals surface area (Å²) in [6.45, 7) is 0. The minimum absolute atomic E-state index is 0.159. The Morgan fingerprint density at radius 1 is 0.365 bits per heavy atom. The lowest BCUT2D eigenvalue weighted by Gasteiger charge is -2.10. The van der Waals surface area contributed by atoms with E-state index in [2.05, 4.69) is 179 Å². The molecule has 0 aliphatic rings. The SMILES string of the molecule is Clc1nc(-c2ccc(-c3cccc(-c4ccc5oc6c(-c7cccc8c7[nH]c7c9ccccc9ccc87)c7ccccc7cc6c5c4)c3)cc2)nc(-c2ccc3ccccc3c2)n1. The molecule has 1 N–H and O–H groups in total. The molecule has 5 nitrogen and oxygen atoms in total. The van der Waals surface area contributed by atoms with Gasteiger partial charge in [0.2, 0.25) is 5.28 Å². The van der Waals surface area contributed by atoms with Crippen LogP contribution in [0.5, 0.6) is 0 Å². The standard InChI is InChI=1S/C57H33ClN4O/c58-57-61-55(60-56(62-57)42-24-21-33-9-1-2-11-37(33)30-42)36-22-19-34(20-23-36)38-13-7-14-39(29-38)40-26-28-50-48(31-40)49-32-41-12-4-5-15-43(41)51(54(49)63-50)47-18-8-17-45-46-27-25-35-10-3-6-16-44(35)52(46)59-53(45)47/h1-32,59H. The van der Waals surface area contributed by atoms with Gasteiger partial charge < -0.3 is 9.40 Å². The van der Waals surface area contributed by atoms with Crippen LogP contribution in [0.3, 0.4) is 0 Å². The average molecular weight is 825 g/mol. The smallest absolute Gasteiger partial charge is 0.226 e. The van der Waals surface area contributed by atoms with Crippen molar-refractivity contribution in [2.45, 2.75) is 0 Å². The second-order valence-corrected chi connectivity index (χ2v) is 16.5. The fourth-order valence-corrected chi connectivity index (χ4v) is 9.68. The average Bonchev–Trinajstić information content (AvgIpc) is 3.91. The van der Waals surface area contributed by atoms with E-state index in [1.807, 2.05) is 30.3 Å². The van der Waals surface area contributed by atoms with Gasteiger partial charge in [0.25, 0.3) is 0 Å². The van der Waals surface area contributed by atoms with Crippen molar-refractivity contribution in [1.29, 1.82) is 0 Å². The van der Waals surface area contributed by atoms with E-state index >= 15 is 0 Å². The number of hydrogen-bond acceptors (Lipinski definition) is 4. The van der Waals surface area contributed by atoms with Crippen molar-refractivity contribution in [1.82, 2.24) is 19.9 Å². The number of aromatic nitrogens is 4. The number of nitrogens with one attached hydrogen (secondary N) is 1. The van der Waals surface area contributed by atoms with Gasteiger partial charge in [-0.25, -0.2) is 4.98 Å². The molecule has 0 atom stereocenters. The third-order valence-corrected chi connectivity index (χ3v) is 12.7. The molecule has 0 bridgehead atoms. The molecule has 0 spiro atoms. The van der Waals surface area contributed by atoms with Crippen molar-refractivity contribution in [2.24, 2.45) is 0 Å². The van der Waals surface area contributed by atoms with Crippen molar-refractivity contribution in [3.63, 3.8) is 0 Å². The number of rotatable bonds is 5. The number of fused-ring (bicyclic) bond motifs is 10. The normalized spacial score (nSPS) is 11.9. The lowest BCUT2D eigenvalue weighted by atomic mass is 9.93. The Kier molecular flexibility index (Phi) is 7.89. The van der Waals surface area contributed by atoms with Crippen molar-refractivity contribution < 1.29 is 4.42 Å². The van der Waals surface area contributed by atoms with Crippen LogP contribution in [0.1, 0.15) is 0 Å². The summed E-state index contributed by atoms with van der Waals surface area (Å²) in [6, 6.07) is 68.5. The third-order valence-electron chi connectivity index (χ3n) is 12.6. The second kappa shape index (κ2) is 14.0. The predicted molar refractivity (Wildman–Crippen MR) is 261 cm³/mol. The molecule has 0 amide bonds. The van der Waals surface area contributed by atoms with Crippen LogP contribution in [-0.2, 0) is 0 Å². The van der Waals surface area contributed by atoms with Crippen molar-refractivity contribution >= 4 is 87.7 Å². The summed E-state index contributed by atoms with van der Waals surface area (Å²) in [5, 5.41) is 11.8. The summed E-state index contributed by atoms with van der Waals surface area (Å²) < 4.78 is 6.89. The minimum atomic E-state index is 0.159. The van der Waals surface area contributed by atoms with E-state index < -0.39 is 0 Å². The first-order valence-electron chi connectivity index (χ1n) is 21.0. The number of benzene rings is 10. The summed E-state index contributed by atoms with van der Waals surface area (Å²) in [7, 11) is 0. The van der Waals surface area contributed by atoms with E-state index in [0.29, 0.717) is 11.6 Å². The van der Waals surface area contributed by atoms with Crippen LogP contribution in [0.15, 0.2) is 199 Å². The van der Waals surface area contributed by atoms with Gasteiger partial charge in [0.1, 0.15) is 11.2 Å². The van der Waals surface area contributed by atoms with Crippen LogP contribution >= 0.6 is 11.6 Å². The monoisotopic (exact) mass is 824 g/mol. The Bertz CT molecular complexity index is 4000. The first-order valence-corrected chi connectivity index (χ1v) is 21.4. The van der Waals surface area contributed by atoms with Crippen LogP contribution in [-0.4, -0.2) is 19.9 Å². The van der Waals surface area contributed by atoms with Gasteiger partial charge in [0.05, 0.1) is 11.0 Å². The lowest BCUT2D eigenvalue weighted by molar-refractivity contribution is 0.670. The van der Waals surface area contributed by atoms with E-state index in [-0.39, 0.29) is 5.28 Å². The Morgan fingerprint density at radius 3 is 1.84 bits per heavy atom. The molecule has 0 saturated carbocycles. The molecule has 63 heavy (non-hydrogen) atoms. The number of nitrogens with zero attached hydrogens (tertiary/aromatic N) is 3. The second-order valence-electron chi connectivity index (χ2n) is 16.2. The summed E-state index contributed by atoms with van der Waals surface area (Å²) in [5.74, 6) is 1.07. The summed E-state index contributed by atoms with van der Waals surface area (Å²) in [5.41, 5.74) is 12.4. The van der Waals surface area contributed by atoms with Crippen molar-refractivity contribution in [3.05, 3.63) is 199 Å². The Hall–Kier alpha value is -8.12. The van der Waals surface area contributed by atoms with E-state index in [9.17, 15) is 0 Å². The van der Waals surface area contributed by atoms with Gasteiger partial charge in [0.15, 0.2) is 11.6 Å². The molecule has 3 aromatic heterocycles. The highest BCUT2D eigenvalue weighted by molar-refractivity contribution is 6.28. The van der Waals surface area contributed by atoms with Gasteiger partial charge in [-0.1, -0.05) is 164 Å². The Labute approximate surface area is 365 Å². The van der Waals surface area contributed by atoms with Gasteiger partial charge >= 0.3 is 0 Å². The number of halogens is 1. The van der Waals surface area contributed by atoms with Crippen molar-refractivity contribution in [3.8, 4) is 56.2 Å². The van der Waals surface area contributed by atoms with Gasteiger partial charge in [-0.15, -0.1) is 0 Å². The molecule has 0 unspecified atom stereocenters. The Morgan fingerprint density at radius 2 is 0.984 bits per heavy atom. The van der Waals surface area contributed by atoms with Gasteiger partial charge in [-0.05, 0) is 91.1 Å². The molecule has 294 valence electrons. The van der Waals surface area contributed by atoms with Crippen molar-refractivity contribution in [2.75, 3.05) is 0 Å². The maximum atomic E-state index is 6.89. The molecule has 13 aromatic rings. The van der Waals surface area contributed by atoms with Crippen LogP contribution in [0.25, 0.3) is 132 Å². The van der Waals surface area contributed by atoms with Gasteiger partial charge in [0, 0.05) is 49.2 Å². The Balaban J connectivity index is 0.881. The quantitative estimate of drug-likeness (QED) is 0.188. The van der Waals surface area contributed by atoms with Crippen LogP contribution < -0.4 is 0 Å². The van der Waals surface area contributed by atoms with E-state index in [1.54, 1.807) is 0 Å². The zero-order valence-electron chi connectivity index (χ0n) is 33.6. The molecule has 0 saturated heterocycles. The predicted octanol–water partition coefficient (Wildman–Crippen LogP) is 15.9. The first-order chi connectivity index (χ1) is 31.1. The highest BCUT2D eigenvalue weighted by Crippen LogP contribution is 2.45. The zero-order valence-corrected chi connectivity index (χ0v) is 34.4. The minimum Gasteiger partial charge on any atom is -0.455 e. The molecule has 6 heteroatoms. The molecule has 0 radical (unpaired) electrons. The topological polar surface area (TPSA) is 67.6 Å². The summed E-state index contributed by atoms with van der Waals surface area (Å²) in [4.78, 5) is 17.7. The number of furan rings is 1. The summed E-state index contributed by atoms with van der Waals surface area (Å²) in [6.07, 6.45) is 0. The molecule has 13 rings (SSSR count). The van der Waals surface area contributed by atoms with E-state index in [1.165, 1.54) is 26.9 Å². The zero-order chi connectivity index (χ0) is 41.6. The number of hydrogen-bond donors (Lipinski definition) is 1. The third kappa shape index (κ3) is 5.82. The molecule has 0 fully saturated rings. The van der Waals surface area contributed by atoms with Gasteiger partial charge in [-0.2, -0.15) is 9.97 Å². The maximum Gasteiger partial charge on any atom is 0.226 e. The highest BCUT2D eigenvalue weighted by Gasteiger charge is 2.21. The van der Waals surface area contributed by atoms with E-state index in [0.717, 1.165) is 93.6 Å². The molecular weight excluding hydrogens is 792 g/mol. The number of H-pyrrole nitrogens is 1. The van der Waals surface area contributed by atoms with E-state index in [4.69, 9.17) is 21.0 Å². The largest absolute Gasteiger partial charge is 0.455 e. The van der Waals surface area contributed by atoms with Gasteiger partial charge in [-0.3, -0.25) is 0 Å². The molecule has 0 aliphatic carbocycles. The lowest BCUT2D eigenvalue weighted by Crippen LogP contribution is -1.97. The maximum absolute atomic E-state index is 6.89. The fraction of sp³-hybridized carbons (Fsp3) is 0. The number of para-hydroxylation sites is 1.